The number of hydrogen-bond donors (Lipinski definition) is 1. The van der Waals surface area contributed by atoms with Crippen LogP contribution in [-0.4, -0.2) is 12.1 Å². The molecule has 1 heteroatoms. The SMILES string of the molecule is CC1CCCCC1NC1CC=CCC1. The van der Waals surface area contributed by atoms with Crippen molar-refractivity contribution in [3.8, 4) is 0 Å². The van der Waals surface area contributed by atoms with Crippen LogP contribution in [0.2, 0.25) is 0 Å². The average Bonchev–Trinajstić information content (AvgIpc) is 2.23. The van der Waals surface area contributed by atoms with Gasteiger partial charge in [-0.1, -0.05) is 31.9 Å². The number of nitrogens with one attached hydrogen (secondary N) is 1. The van der Waals surface area contributed by atoms with Crippen LogP contribution >= 0.6 is 0 Å². The molecule has 0 aromatic heterocycles. The van der Waals surface area contributed by atoms with Gasteiger partial charge in [-0.2, -0.15) is 0 Å². The van der Waals surface area contributed by atoms with Gasteiger partial charge in [-0.15, -0.1) is 0 Å². The fourth-order valence-electron chi connectivity index (χ4n) is 2.81. The third-order valence-corrected chi connectivity index (χ3v) is 3.83. The molecular formula is C13H23N. The molecule has 0 aromatic carbocycles. The van der Waals surface area contributed by atoms with Crippen LogP contribution in [0.5, 0.6) is 0 Å². The van der Waals surface area contributed by atoms with Gasteiger partial charge in [-0.3, -0.25) is 0 Å². The summed E-state index contributed by atoms with van der Waals surface area (Å²) < 4.78 is 0. The molecule has 0 spiro atoms. The van der Waals surface area contributed by atoms with Crippen molar-refractivity contribution in [3.05, 3.63) is 12.2 Å². The van der Waals surface area contributed by atoms with E-state index in [2.05, 4.69) is 24.4 Å². The van der Waals surface area contributed by atoms with Crippen LogP contribution < -0.4 is 5.32 Å². The van der Waals surface area contributed by atoms with Crippen molar-refractivity contribution < 1.29 is 0 Å². The van der Waals surface area contributed by atoms with E-state index in [9.17, 15) is 0 Å². The van der Waals surface area contributed by atoms with Gasteiger partial charge >= 0.3 is 0 Å². The molecule has 0 aromatic rings. The lowest BCUT2D eigenvalue weighted by Crippen LogP contribution is -2.43. The van der Waals surface area contributed by atoms with Gasteiger partial charge < -0.3 is 5.32 Å². The highest BCUT2D eigenvalue weighted by Crippen LogP contribution is 2.25. The molecule has 0 aliphatic heterocycles. The molecule has 1 saturated carbocycles. The highest BCUT2D eigenvalue weighted by atomic mass is 15.0. The van der Waals surface area contributed by atoms with Crippen LogP contribution in [-0.2, 0) is 0 Å². The molecule has 2 aliphatic rings. The molecule has 2 rings (SSSR count). The third kappa shape index (κ3) is 2.60. The minimum absolute atomic E-state index is 0.769. The van der Waals surface area contributed by atoms with Gasteiger partial charge in [0.2, 0.25) is 0 Å². The fraction of sp³-hybridized carbons (Fsp3) is 0.846. The van der Waals surface area contributed by atoms with Crippen molar-refractivity contribution in [3.63, 3.8) is 0 Å². The molecule has 80 valence electrons. The Balaban J connectivity index is 1.80. The van der Waals surface area contributed by atoms with E-state index in [0.29, 0.717) is 0 Å². The molecule has 3 unspecified atom stereocenters. The third-order valence-electron chi connectivity index (χ3n) is 3.83. The first-order valence-corrected chi connectivity index (χ1v) is 6.27. The van der Waals surface area contributed by atoms with Crippen molar-refractivity contribution in [1.82, 2.24) is 5.32 Å². The minimum Gasteiger partial charge on any atom is -0.311 e. The highest BCUT2D eigenvalue weighted by molar-refractivity contribution is 4.94. The minimum atomic E-state index is 0.769. The Bertz CT molecular complexity index is 197. The molecule has 1 fully saturated rings. The molecule has 2 aliphatic carbocycles. The van der Waals surface area contributed by atoms with Crippen LogP contribution in [0.1, 0.15) is 51.9 Å². The van der Waals surface area contributed by atoms with Crippen molar-refractivity contribution in [2.24, 2.45) is 5.92 Å². The Hall–Kier alpha value is -0.300. The standard InChI is InChI=1S/C13H23N/c1-11-7-5-6-10-13(11)14-12-8-3-2-4-9-12/h2-3,11-14H,4-10H2,1H3. The van der Waals surface area contributed by atoms with Gasteiger partial charge in [0.1, 0.15) is 0 Å². The number of allylic oxidation sites excluding steroid dienone is 1. The Morgan fingerprint density at radius 2 is 1.93 bits per heavy atom. The van der Waals surface area contributed by atoms with Crippen LogP contribution in [0.3, 0.4) is 0 Å². The van der Waals surface area contributed by atoms with Crippen LogP contribution in [0.15, 0.2) is 12.2 Å². The second kappa shape index (κ2) is 4.97. The lowest BCUT2D eigenvalue weighted by Gasteiger charge is -2.33. The van der Waals surface area contributed by atoms with Crippen molar-refractivity contribution in [2.45, 2.75) is 64.0 Å². The quantitative estimate of drug-likeness (QED) is 0.664. The second-order valence-corrected chi connectivity index (χ2v) is 5.02. The fourth-order valence-corrected chi connectivity index (χ4v) is 2.81. The summed E-state index contributed by atoms with van der Waals surface area (Å²) in [5.41, 5.74) is 0. The van der Waals surface area contributed by atoms with E-state index in [1.54, 1.807) is 0 Å². The number of hydrogen-bond acceptors (Lipinski definition) is 1. The summed E-state index contributed by atoms with van der Waals surface area (Å²) in [6, 6.07) is 1.57. The Labute approximate surface area is 88.0 Å². The summed E-state index contributed by atoms with van der Waals surface area (Å²) >= 11 is 0. The summed E-state index contributed by atoms with van der Waals surface area (Å²) in [6.45, 7) is 2.41. The zero-order valence-corrected chi connectivity index (χ0v) is 9.34. The smallest absolute Gasteiger partial charge is 0.0107 e. The first-order chi connectivity index (χ1) is 6.86. The van der Waals surface area contributed by atoms with E-state index in [-0.39, 0.29) is 0 Å². The van der Waals surface area contributed by atoms with Crippen molar-refractivity contribution in [1.29, 1.82) is 0 Å². The number of rotatable bonds is 2. The molecule has 0 amide bonds. The normalized spacial score (nSPS) is 38.5. The van der Waals surface area contributed by atoms with Gasteiger partial charge in [0.05, 0.1) is 0 Å². The van der Waals surface area contributed by atoms with Gasteiger partial charge in [0.25, 0.3) is 0 Å². The lowest BCUT2D eigenvalue weighted by molar-refractivity contribution is 0.252. The van der Waals surface area contributed by atoms with E-state index in [4.69, 9.17) is 0 Å². The van der Waals surface area contributed by atoms with Gasteiger partial charge in [0.15, 0.2) is 0 Å². The molecule has 1 N–H and O–H groups in total. The molecule has 1 nitrogen and oxygen atoms in total. The largest absolute Gasteiger partial charge is 0.311 e. The summed E-state index contributed by atoms with van der Waals surface area (Å²) in [5, 5.41) is 3.86. The van der Waals surface area contributed by atoms with Crippen molar-refractivity contribution >= 4 is 0 Å². The van der Waals surface area contributed by atoms with E-state index < -0.39 is 0 Å². The highest BCUT2D eigenvalue weighted by Gasteiger charge is 2.23. The molecule has 0 saturated heterocycles. The molecule has 0 bridgehead atoms. The molecule has 3 atom stereocenters. The lowest BCUT2D eigenvalue weighted by atomic mass is 9.85. The van der Waals surface area contributed by atoms with Gasteiger partial charge in [-0.05, 0) is 38.0 Å². The molecule has 0 radical (unpaired) electrons. The second-order valence-electron chi connectivity index (χ2n) is 5.02. The summed E-state index contributed by atoms with van der Waals surface area (Å²) in [5.74, 6) is 0.898. The topological polar surface area (TPSA) is 12.0 Å². The van der Waals surface area contributed by atoms with Crippen LogP contribution in [0.4, 0.5) is 0 Å². The van der Waals surface area contributed by atoms with Gasteiger partial charge in [0, 0.05) is 12.1 Å². The Morgan fingerprint density at radius 3 is 2.64 bits per heavy atom. The molecule has 14 heavy (non-hydrogen) atoms. The zero-order chi connectivity index (χ0) is 9.80. The molecule has 0 heterocycles. The van der Waals surface area contributed by atoms with Crippen LogP contribution in [0, 0.1) is 5.92 Å². The monoisotopic (exact) mass is 193 g/mol. The van der Waals surface area contributed by atoms with E-state index >= 15 is 0 Å². The maximum absolute atomic E-state index is 3.86. The maximum Gasteiger partial charge on any atom is 0.0107 e. The Kier molecular flexibility index (Phi) is 3.63. The van der Waals surface area contributed by atoms with E-state index in [1.807, 2.05) is 0 Å². The van der Waals surface area contributed by atoms with E-state index in [1.165, 1.54) is 44.9 Å². The maximum atomic E-state index is 3.86. The van der Waals surface area contributed by atoms with Crippen molar-refractivity contribution in [2.75, 3.05) is 0 Å². The summed E-state index contributed by atoms with van der Waals surface area (Å²) in [7, 11) is 0. The average molecular weight is 193 g/mol. The van der Waals surface area contributed by atoms with Gasteiger partial charge in [-0.25, -0.2) is 0 Å². The molecular weight excluding hydrogens is 170 g/mol. The zero-order valence-electron chi connectivity index (χ0n) is 9.34. The first kappa shape index (κ1) is 10.2. The summed E-state index contributed by atoms with van der Waals surface area (Å²) in [4.78, 5) is 0. The van der Waals surface area contributed by atoms with E-state index in [0.717, 1.165) is 18.0 Å². The first-order valence-electron chi connectivity index (χ1n) is 6.27. The Morgan fingerprint density at radius 1 is 1.07 bits per heavy atom. The van der Waals surface area contributed by atoms with Crippen LogP contribution in [0.25, 0.3) is 0 Å². The predicted molar refractivity (Wildman–Crippen MR) is 61.3 cm³/mol. The predicted octanol–water partition coefficient (Wildman–Crippen LogP) is 3.26. The summed E-state index contributed by atoms with van der Waals surface area (Å²) in [6.07, 6.45) is 14.3.